The van der Waals surface area contributed by atoms with E-state index < -0.39 is 0 Å². The third-order valence-electron chi connectivity index (χ3n) is 5.68. The number of unbranched alkanes of at least 4 members (excludes halogenated alkanes) is 5. The summed E-state index contributed by atoms with van der Waals surface area (Å²) in [6.45, 7) is 6.59. The van der Waals surface area contributed by atoms with Gasteiger partial charge in [0, 0.05) is 38.3 Å². The van der Waals surface area contributed by atoms with Gasteiger partial charge >= 0.3 is 0 Å². The lowest BCUT2D eigenvalue weighted by Gasteiger charge is -2.11. The molecule has 1 aromatic heterocycles. The molecule has 0 unspecified atom stereocenters. The Hall–Kier alpha value is -3.06. The normalized spacial score (nSPS) is 10.8. The highest BCUT2D eigenvalue weighted by molar-refractivity contribution is 5.94. The zero-order valence-electron chi connectivity index (χ0n) is 23.2. The Kier molecular flexibility index (Phi) is 17.2. The van der Waals surface area contributed by atoms with Gasteiger partial charge in [0.15, 0.2) is 0 Å². The van der Waals surface area contributed by atoms with E-state index in [0.29, 0.717) is 76.0 Å². The fourth-order valence-electron chi connectivity index (χ4n) is 3.59. The van der Waals surface area contributed by atoms with Crippen LogP contribution in [-0.4, -0.2) is 85.2 Å². The number of anilines is 3. The van der Waals surface area contributed by atoms with Crippen LogP contribution in [0.25, 0.3) is 0 Å². The Morgan fingerprint density at radius 2 is 1.41 bits per heavy atom. The number of nitrogens with zero attached hydrogens (tertiary/aromatic N) is 3. The van der Waals surface area contributed by atoms with Crippen LogP contribution in [-0.2, 0) is 16.0 Å². The molecule has 0 radical (unpaired) electrons. The van der Waals surface area contributed by atoms with E-state index in [2.05, 4.69) is 43.1 Å². The fourth-order valence-corrected chi connectivity index (χ4v) is 3.59. The second-order valence-corrected chi connectivity index (χ2v) is 8.97. The number of carbonyl (C=O) groups excluding carboxylic acids is 1. The first-order valence-corrected chi connectivity index (χ1v) is 14.0. The highest BCUT2D eigenvalue weighted by Gasteiger charge is 2.08. The van der Waals surface area contributed by atoms with Crippen molar-refractivity contribution >= 4 is 23.8 Å². The summed E-state index contributed by atoms with van der Waals surface area (Å²) >= 11 is 0. The Morgan fingerprint density at radius 3 is 2.08 bits per heavy atom. The van der Waals surface area contributed by atoms with Crippen molar-refractivity contribution < 1.29 is 19.4 Å². The monoisotopic (exact) mass is 546 g/mol. The molecule has 1 heterocycles. The molecule has 0 fully saturated rings. The number of nitrogens with one attached hydrogen (secondary N) is 4. The Morgan fingerprint density at radius 1 is 0.795 bits per heavy atom. The summed E-state index contributed by atoms with van der Waals surface area (Å²) in [5.74, 6) is 1.15. The first-order valence-electron chi connectivity index (χ1n) is 14.0. The van der Waals surface area contributed by atoms with Crippen LogP contribution in [0.1, 0.15) is 61.4 Å². The molecule has 2 aromatic rings. The molecule has 12 heteroatoms. The minimum atomic E-state index is -0.157. The van der Waals surface area contributed by atoms with Crippen LogP contribution < -0.4 is 27.0 Å². The number of hydrogen-bond acceptors (Lipinski definition) is 11. The van der Waals surface area contributed by atoms with Crippen molar-refractivity contribution in [1.29, 1.82) is 0 Å². The first-order chi connectivity index (χ1) is 19.2. The molecule has 1 aromatic carbocycles. The lowest BCUT2D eigenvalue weighted by molar-refractivity contribution is 0.0511. The van der Waals surface area contributed by atoms with E-state index in [1.165, 1.54) is 32.1 Å². The van der Waals surface area contributed by atoms with Crippen molar-refractivity contribution in [2.24, 2.45) is 5.73 Å². The van der Waals surface area contributed by atoms with Crippen LogP contribution in [0, 0.1) is 0 Å². The van der Waals surface area contributed by atoms with E-state index in [-0.39, 0.29) is 12.5 Å². The summed E-state index contributed by atoms with van der Waals surface area (Å²) in [6.07, 6.45) is 7.27. The molecule has 0 aliphatic heterocycles. The number of rotatable bonds is 23. The van der Waals surface area contributed by atoms with Crippen molar-refractivity contribution in [2.75, 3.05) is 75.2 Å². The van der Waals surface area contributed by atoms with Gasteiger partial charge in [-0.2, -0.15) is 15.0 Å². The Bertz CT molecular complexity index is 917. The summed E-state index contributed by atoms with van der Waals surface area (Å²) in [5.41, 5.74) is 6.90. The van der Waals surface area contributed by atoms with Crippen LogP contribution >= 0.6 is 0 Å². The summed E-state index contributed by atoms with van der Waals surface area (Å²) < 4.78 is 10.6. The lowest BCUT2D eigenvalue weighted by atomic mass is 10.1. The van der Waals surface area contributed by atoms with E-state index in [1.807, 2.05) is 12.1 Å². The molecule has 0 aliphatic carbocycles. The van der Waals surface area contributed by atoms with E-state index in [9.17, 15) is 4.79 Å². The van der Waals surface area contributed by atoms with Gasteiger partial charge in [-0.15, -0.1) is 0 Å². The van der Waals surface area contributed by atoms with Gasteiger partial charge in [-0.3, -0.25) is 4.79 Å². The van der Waals surface area contributed by atoms with E-state index in [4.69, 9.17) is 20.3 Å². The average molecular weight is 547 g/mol. The minimum absolute atomic E-state index is 0.0217. The van der Waals surface area contributed by atoms with Gasteiger partial charge < -0.3 is 41.6 Å². The highest BCUT2D eigenvalue weighted by Crippen LogP contribution is 2.12. The smallest absolute Gasteiger partial charge is 0.251 e. The molecule has 1 amide bonds. The number of hydrogen-bond donors (Lipinski definition) is 6. The fraction of sp³-hybridized carbons (Fsp3) is 0.630. The summed E-state index contributed by atoms with van der Waals surface area (Å²) in [6, 6.07) is 7.33. The van der Waals surface area contributed by atoms with Crippen LogP contribution in [0.15, 0.2) is 24.3 Å². The van der Waals surface area contributed by atoms with Crippen LogP contribution in [0.2, 0.25) is 0 Å². The molecule has 0 saturated carbocycles. The maximum atomic E-state index is 12.4. The van der Waals surface area contributed by atoms with Gasteiger partial charge in [0.05, 0.1) is 33.0 Å². The Balaban J connectivity index is 1.79. The zero-order chi connectivity index (χ0) is 28.0. The topological polar surface area (TPSA) is 169 Å². The summed E-state index contributed by atoms with van der Waals surface area (Å²) in [7, 11) is 0. The van der Waals surface area contributed by atoms with Gasteiger partial charge in [0.1, 0.15) is 0 Å². The summed E-state index contributed by atoms with van der Waals surface area (Å²) in [5, 5.41) is 21.5. The molecule has 0 atom stereocenters. The van der Waals surface area contributed by atoms with Crippen LogP contribution in [0.3, 0.4) is 0 Å². The minimum Gasteiger partial charge on any atom is -0.395 e. The number of ether oxygens (including phenoxy) is 2. The van der Waals surface area contributed by atoms with E-state index >= 15 is 0 Å². The zero-order valence-corrected chi connectivity index (χ0v) is 23.2. The number of carbonyl (C=O) groups is 1. The van der Waals surface area contributed by atoms with Crippen LogP contribution in [0.5, 0.6) is 0 Å². The number of aliphatic hydroxyl groups is 1. The Labute approximate surface area is 231 Å². The van der Waals surface area contributed by atoms with E-state index in [0.717, 1.165) is 18.5 Å². The maximum absolute atomic E-state index is 12.4. The maximum Gasteiger partial charge on any atom is 0.251 e. The molecule has 0 spiro atoms. The molecular weight excluding hydrogens is 500 g/mol. The molecule has 218 valence electrons. The largest absolute Gasteiger partial charge is 0.395 e. The number of aliphatic hydroxyl groups excluding tert-OH is 1. The quantitative estimate of drug-likeness (QED) is 0.113. The number of aromatic nitrogens is 3. The van der Waals surface area contributed by atoms with Gasteiger partial charge in [-0.05, 0) is 24.1 Å². The van der Waals surface area contributed by atoms with Gasteiger partial charge in [0.2, 0.25) is 17.8 Å². The predicted molar refractivity (Wildman–Crippen MR) is 154 cm³/mol. The standard InChI is InChI=1S/C27H46N8O4/c1-2-3-4-5-6-7-13-30-25-33-26(31-14-16-36)35-27(34-25)32-21-22-8-10-23(11-9-22)24(37)29-15-18-39-20-19-38-17-12-28/h8-11,36H,2-7,12-21,28H2,1H3,(H,29,37)(H3,30,31,32,33,34,35). The number of nitrogens with two attached hydrogens (primary N) is 1. The molecule has 12 nitrogen and oxygen atoms in total. The average Bonchev–Trinajstić information content (AvgIpc) is 2.96. The molecule has 39 heavy (non-hydrogen) atoms. The van der Waals surface area contributed by atoms with Crippen molar-refractivity contribution in [3.8, 4) is 0 Å². The van der Waals surface area contributed by atoms with Gasteiger partial charge in [0.25, 0.3) is 5.91 Å². The number of amides is 1. The predicted octanol–water partition coefficient (Wildman–Crippen LogP) is 2.38. The SMILES string of the molecule is CCCCCCCCNc1nc(NCCO)nc(NCc2ccc(C(=O)NCCOCCOCCN)cc2)n1. The molecule has 0 saturated heterocycles. The second-order valence-electron chi connectivity index (χ2n) is 8.97. The first kappa shape index (κ1) is 32.2. The molecule has 2 rings (SSSR count). The molecule has 0 bridgehead atoms. The van der Waals surface area contributed by atoms with Gasteiger partial charge in [-0.1, -0.05) is 51.2 Å². The highest BCUT2D eigenvalue weighted by atomic mass is 16.5. The number of benzene rings is 1. The third-order valence-corrected chi connectivity index (χ3v) is 5.68. The molecule has 0 aliphatic rings. The van der Waals surface area contributed by atoms with Crippen molar-refractivity contribution in [1.82, 2.24) is 20.3 Å². The van der Waals surface area contributed by atoms with Crippen molar-refractivity contribution in [3.05, 3.63) is 35.4 Å². The third kappa shape index (κ3) is 14.6. The summed E-state index contributed by atoms with van der Waals surface area (Å²) in [4.78, 5) is 25.6. The second kappa shape index (κ2) is 20.8. The van der Waals surface area contributed by atoms with E-state index in [1.54, 1.807) is 12.1 Å². The van der Waals surface area contributed by atoms with Crippen molar-refractivity contribution in [3.63, 3.8) is 0 Å². The molecule has 7 N–H and O–H groups in total. The van der Waals surface area contributed by atoms with Crippen LogP contribution in [0.4, 0.5) is 17.8 Å². The van der Waals surface area contributed by atoms with Gasteiger partial charge in [-0.25, -0.2) is 0 Å². The molecular formula is C27H46N8O4. The van der Waals surface area contributed by atoms with Crippen molar-refractivity contribution in [2.45, 2.75) is 52.0 Å². The lowest BCUT2D eigenvalue weighted by Crippen LogP contribution is -2.27.